The predicted molar refractivity (Wildman–Crippen MR) is 102 cm³/mol. The first-order chi connectivity index (χ1) is 12.1. The molecule has 0 aliphatic heterocycles. The molecule has 0 aliphatic rings. The number of aromatic nitrogens is 3. The minimum atomic E-state index is 0.0547. The first kappa shape index (κ1) is 17.2. The van der Waals surface area contributed by atoms with Gasteiger partial charge in [0.15, 0.2) is 0 Å². The van der Waals surface area contributed by atoms with Gasteiger partial charge in [-0.1, -0.05) is 60.7 Å². The summed E-state index contributed by atoms with van der Waals surface area (Å²) in [7, 11) is 0. The lowest BCUT2D eigenvalue weighted by molar-refractivity contribution is 0.832. The summed E-state index contributed by atoms with van der Waals surface area (Å²) < 4.78 is 0. The van der Waals surface area contributed by atoms with Crippen LogP contribution in [-0.2, 0) is 0 Å². The van der Waals surface area contributed by atoms with E-state index in [0.717, 1.165) is 11.1 Å². The topological polar surface area (TPSA) is 62.7 Å². The van der Waals surface area contributed by atoms with Gasteiger partial charge in [-0.15, -0.1) is 0 Å². The number of hydrogen-bond acceptors (Lipinski definition) is 5. The standard InChI is InChI=1S/C19H20ClN5/c1-13(15-9-5-3-6-10-15)21-18-23-17(20)24-19(25-18)22-14(2)16-11-7-4-8-12-16/h3-14H,1-2H3,(H2,21,22,23,24,25)/t13-,14-/m0/s1. The molecule has 0 unspecified atom stereocenters. The molecule has 0 saturated heterocycles. The zero-order valence-electron chi connectivity index (χ0n) is 14.1. The van der Waals surface area contributed by atoms with Crippen LogP contribution in [0, 0.1) is 0 Å². The summed E-state index contributed by atoms with van der Waals surface area (Å²) in [6, 6.07) is 20.3. The Labute approximate surface area is 152 Å². The van der Waals surface area contributed by atoms with Gasteiger partial charge in [-0.2, -0.15) is 15.0 Å². The maximum atomic E-state index is 6.07. The molecule has 2 N–H and O–H groups in total. The second-order valence-corrected chi connectivity index (χ2v) is 6.14. The summed E-state index contributed by atoms with van der Waals surface area (Å²) >= 11 is 6.07. The predicted octanol–water partition coefficient (Wildman–Crippen LogP) is 4.87. The van der Waals surface area contributed by atoms with Crippen molar-refractivity contribution in [2.75, 3.05) is 10.6 Å². The zero-order valence-corrected chi connectivity index (χ0v) is 14.9. The Hall–Kier alpha value is -2.66. The Balaban J connectivity index is 1.74. The van der Waals surface area contributed by atoms with E-state index < -0.39 is 0 Å². The molecule has 0 bridgehead atoms. The van der Waals surface area contributed by atoms with Crippen LogP contribution in [0.2, 0.25) is 5.28 Å². The minimum Gasteiger partial charge on any atom is -0.348 e. The fraction of sp³-hybridized carbons (Fsp3) is 0.211. The maximum absolute atomic E-state index is 6.07. The molecule has 0 amide bonds. The van der Waals surface area contributed by atoms with Crippen molar-refractivity contribution in [3.63, 3.8) is 0 Å². The van der Waals surface area contributed by atoms with Gasteiger partial charge in [0.05, 0.1) is 12.1 Å². The second-order valence-electron chi connectivity index (χ2n) is 5.81. The normalized spacial score (nSPS) is 13.1. The first-order valence-electron chi connectivity index (χ1n) is 8.16. The Kier molecular flexibility index (Phi) is 5.46. The molecule has 128 valence electrons. The van der Waals surface area contributed by atoms with E-state index in [9.17, 15) is 0 Å². The molecule has 5 nitrogen and oxygen atoms in total. The van der Waals surface area contributed by atoms with Crippen LogP contribution in [0.1, 0.15) is 37.1 Å². The van der Waals surface area contributed by atoms with Crippen LogP contribution in [0.4, 0.5) is 11.9 Å². The van der Waals surface area contributed by atoms with Crippen LogP contribution in [0.5, 0.6) is 0 Å². The van der Waals surface area contributed by atoms with Gasteiger partial charge in [0.1, 0.15) is 0 Å². The molecule has 2 aromatic carbocycles. The average molecular weight is 354 g/mol. The number of benzene rings is 2. The van der Waals surface area contributed by atoms with Crippen molar-refractivity contribution in [1.29, 1.82) is 0 Å². The van der Waals surface area contributed by atoms with E-state index in [1.807, 2.05) is 50.2 Å². The fourth-order valence-electron chi connectivity index (χ4n) is 2.52. The largest absolute Gasteiger partial charge is 0.348 e. The Morgan fingerprint density at radius 3 is 1.48 bits per heavy atom. The average Bonchev–Trinajstić information content (AvgIpc) is 2.62. The summed E-state index contributed by atoms with van der Waals surface area (Å²) in [6.45, 7) is 4.10. The molecule has 0 saturated carbocycles. The zero-order chi connectivity index (χ0) is 17.6. The number of hydrogen-bond donors (Lipinski definition) is 2. The van der Waals surface area contributed by atoms with Gasteiger partial charge in [-0.05, 0) is 36.6 Å². The molecule has 0 radical (unpaired) electrons. The monoisotopic (exact) mass is 353 g/mol. The number of nitrogens with one attached hydrogen (secondary N) is 2. The lowest BCUT2D eigenvalue weighted by Crippen LogP contribution is -2.14. The van der Waals surface area contributed by atoms with Gasteiger partial charge >= 0.3 is 0 Å². The highest BCUT2D eigenvalue weighted by molar-refractivity contribution is 6.28. The van der Waals surface area contributed by atoms with Crippen LogP contribution >= 0.6 is 11.6 Å². The molecule has 3 rings (SSSR count). The number of nitrogens with zero attached hydrogens (tertiary/aromatic N) is 3. The van der Waals surface area contributed by atoms with E-state index in [1.54, 1.807) is 0 Å². The lowest BCUT2D eigenvalue weighted by Gasteiger charge is -2.17. The smallest absolute Gasteiger partial charge is 0.229 e. The van der Waals surface area contributed by atoms with E-state index in [0.29, 0.717) is 11.9 Å². The van der Waals surface area contributed by atoms with Crippen LogP contribution in [0.25, 0.3) is 0 Å². The Bertz CT molecular complexity index is 745. The van der Waals surface area contributed by atoms with Gasteiger partial charge in [0.2, 0.25) is 17.2 Å². The molecule has 1 aromatic heterocycles. The van der Waals surface area contributed by atoms with E-state index in [2.05, 4.69) is 49.9 Å². The van der Waals surface area contributed by atoms with Crippen LogP contribution in [0.3, 0.4) is 0 Å². The Morgan fingerprint density at radius 1 is 0.680 bits per heavy atom. The van der Waals surface area contributed by atoms with Crippen LogP contribution in [-0.4, -0.2) is 15.0 Å². The molecule has 1 heterocycles. The van der Waals surface area contributed by atoms with Gasteiger partial charge in [-0.3, -0.25) is 0 Å². The van der Waals surface area contributed by atoms with E-state index in [-0.39, 0.29) is 17.4 Å². The van der Waals surface area contributed by atoms with Crippen molar-refractivity contribution in [3.8, 4) is 0 Å². The first-order valence-corrected chi connectivity index (χ1v) is 8.54. The van der Waals surface area contributed by atoms with Crippen molar-refractivity contribution in [1.82, 2.24) is 15.0 Å². The van der Waals surface area contributed by atoms with Crippen molar-refractivity contribution < 1.29 is 0 Å². The summed E-state index contributed by atoms with van der Waals surface area (Å²) in [4.78, 5) is 12.8. The SMILES string of the molecule is C[C@H](Nc1nc(Cl)nc(N[C@@H](C)c2ccccc2)n1)c1ccccc1. The fourth-order valence-corrected chi connectivity index (χ4v) is 2.68. The molecule has 0 fully saturated rings. The number of halogens is 1. The molecular weight excluding hydrogens is 334 g/mol. The molecule has 25 heavy (non-hydrogen) atoms. The van der Waals surface area contributed by atoms with Gasteiger partial charge < -0.3 is 10.6 Å². The molecular formula is C19H20ClN5. The highest BCUT2D eigenvalue weighted by Crippen LogP contribution is 2.21. The van der Waals surface area contributed by atoms with Gasteiger partial charge in [0, 0.05) is 0 Å². The lowest BCUT2D eigenvalue weighted by atomic mass is 10.1. The summed E-state index contributed by atoms with van der Waals surface area (Å²) in [5, 5.41) is 6.68. The minimum absolute atomic E-state index is 0.0547. The van der Waals surface area contributed by atoms with Gasteiger partial charge in [0.25, 0.3) is 0 Å². The van der Waals surface area contributed by atoms with E-state index in [1.165, 1.54) is 0 Å². The number of anilines is 2. The highest BCUT2D eigenvalue weighted by Gasteiger charge is 2.12. The second kappa shape index (κ2) is 7.94. The highest BCUT2D eigenvalue weighted by atomic mass is 35.5. The van der Waals surface area contributed by atoms with Crippen molar-refractivity contribution in [2.45, 2.75) is 25.9 Å². The molecule has 0 spiro atoms. The van der Waals surface area contributed by atoms with Crippen molar-refractivity contribution in [2.24, 2.45) is 0 Å². The summed E-state index contributed by atoms with van der Waals surface area (Å²) in [5.41, 5.74) is 2.29. The van der Waals surface area contributed by atoms with Gasteiger partial charge in [-0.25, -0.2) is 0 Å². The van der Waals surface area contributed by atoms with Crippen molar-refractivity contribution in [3.05, 3.63) is 77.1 Å². The maximum Gasteiger partial charge on any atom is 0.229 e. The Morgan fingerprint density at radius 2 is 1.08 bits per heavy atom. The third-order valence-electron chi connectivity index (χ3n) is 3.90. The van der Waals surface area contributed by atoms with Crippen molar-refractivity contribution >= 4 is 23.5 Å². The van der Waals surface area contributed by atoms with Crippen LogP contribution in [0.15, 0.2) is 60.7 Å². The summed E-state index contributed by atoms with van der Waals surface area (Å²) in [5.74, 6) is 0.887. The number of rotatable bonds is 6. The van der Waals surface area contributed by atoms with E-state index >= 15 is 0 Å². The van der Waals surface area contributed by atoms with E-state index in [4.69, 9.17) is 11.6 Å². The molecule has 6 heteroatoms. The molecule has 2 atom stereocenters. The molecule has 0 aliphatic carbocycles. The summed E-state index contributed by atoms with van der Waals surface area (Å²) in [6.07, 6.45) is 0. The quantitative estimate of drug-likeness (QED) is 0.661. The third kappa shape index (κ3) is 4.67. The third-order valence-corrected chi connectivity index (χ3v) is 4.07. The molecule has 3 aromatic rings. The van der Waals surface area contributed by atoms with Crippen LogP contribution < -0.4 is 10.6 Å².